The van der Waals surface area contributed by atoms with Crippen molar-refractivity contribution in [2.45, 2.75) is 25.0 Å². The van der Waals surface area contributed by atoms with Gasteiger partial charge in [0.25, 0.3) is 0 Å². The molecule has 0 aliphatic carbocycles. The molecule has 6 heteroatoms. The van der Waals surface area contributed by atoms with E-state index in [4.69, 9.17) is 23.2 Å². The molecule has 1 aromatic heterocycles. The summed E-state index contributed by atoms with van der Waals surface area (Å²) in [5, 5.41) is 1.02. The topological polar surface area (TPSA) is 36.4 Å². The maximum Gasteiger partial charge on any atom is 0.247 e. The molecular formula is C17H15Cl2N3O. The number of rotatable bonds is 2. The first-order chi connectivity index (χ1) is 11.2. The molecule has 4 rings (SSSR count). The Kier molecular flexibility index (Phi) is 3.76. The van der Waals surface area contributed by atoms with Gasteiger partial charge in [-0.2, -0.15) is 0 Å². The van der Waals surface area contributed by atoms with E-state index >= 15 is 0 Å². The number of carbonyl (C=O) groups is 1. The van der Waals surface area contributed by atoms with Crippen molar-refractivity contribution in [1.29, 1.82) is 0 Å². The molecule has 1 amide bonds. The van der Waals surface area contributed by atoms with E-state index in [1.54, 1.807) is 17.2 Å². The zero-order chi connectivity index (χ0) is 16.0. The molecular weight excluding hydrogens is 333 g/mol. The molecule has 2 aromatic rings. The van der Waals surface area contributed by atoms with Crippen molar-refractivity contribution in [3.8, 4) is 0 Å². The Hall–Kier alpha value is -1.62. The molecule has 4 nitrogen and oxygen atoms in total. The van der Waals surface area contributed by atoms with Crippen molar-refractivity contribution in [2.75, 3.05) is 11.4 Å². The van der Waals surface area contributed by atoms with Crippen LogP contribution in [0.25, 0.3) is 0 Å². The number of hydrogen-bond donors (Lipinski definition) is 0. The number of carbonyl (C=O) groups excluding carboxylic acids is 1. The number of nitrogens with zero attached hydrogens (tertiary/aromatic N) is 3. The lowest BCUT2D eigenvalue weighted by molar-refractivity contribution is -0.119. The summed E-state index contributed by atoms with van der Waals surface area (Å²) in [6, 6.07) is 11.1. The summed E-state index contributed by atoms with van der Waals surface area (Å²) in [4.78, 5) is 21.3. The van der Waals surface area contributed by atoms with Gasteiger partial charge in [-0.1, -0.05) is 35.3 Å². The number of anilines is 1. The third-order valence-corrected chi connectivity index (χ3v) is 5.25. The fraction of sp³-hybridized carbons (Fsp3) is 0.294. The molecule has 0 bridgehead atoms. The van der Waals surface area contributed by atoms with Crippen LogP contribution in [0.1, 0.15) is 24.6 Å². The van der Waals surface area contributed by atoms with Gasteiger partial charge >= 0.3 is 0 Å². The number of fused-ring (bicyclic) bond motifs is 1. The second kappa shape index (κ2) is 5.78. The smallest absolute Gasteiger partial charge is 0.247 e. The average molecular weight is 348 g/mol. The van der Waals surface area contributed by atoms with E-state index < -0.39 is 0 Å². The van der Waals surface area contributed by atoms with E-state index in [1.165, 1.54) is 0 Å². The lowest BCUT2D eigenvalue weighted by Crippen LogP contribution is -2.32. The molecule has 0 spiro atoms. The van der Waals surface area contributed by atoms with Gasteiger partial charge in [-0.15, -0.1) is 0 Å². The minimum atomic E-state index is -0.181. The summed E-state index contributed by atoms with van der Waals surface area (Å²) < 4.78 is 0. The van der Waals surface area contributed by atoms with Gasteiger partial charge in [-0.05, 0) is 42.7 Å². The molecule has 0 unspecified atom stereocenters. The Balaban J connectivity index is 1.82. The van der Waals surface area contributed by atoms with Gasteiger partial charge in [0.2, 0.25) is 5.91 Å². The number of hydrogen-bond acceptors (Lipinski definition) is 3. The Bertz CT molecular complexity index is 753. The third-order valence-electron chi connectivity index (χ3n) is 4.51. The van der Waals surface area contributed by atoms with Crippen LogP contribution in [-0.2, 0) is 4.79 Å². The van der Waals surface area contributed by atoms with Crippen molar-refractivity contribution in [3.05, 3.63) is 58.2 Å². The normalized spacial score (nSPS) is 24.3. The molecule has 118 valence electrons. The fourth-order valence-electron chi connectivity index (χ4n) is 3.52. The monoisotopic (exact) mass is 347 g/mol. The van der Waals surface area contributed by atoms with E-state index in [0.717, 1.165) is 24.9 Å². The van der Waals surface area contributed by atoms with Crippen molar-refractivity contribution < 1.29 is 4.79 Å². The van der Waals surface area contributed by atoms with Crippen LogP contribution in [0.15, 0.2) is 42.6 Å². The van der Waals surface area contributed by atoms with Gasteiger partial charge in [0.15, 0.2) is 0 Å². The summed E-state index contributed by atoms with van der Waals surface area (Å²) in [6.07, 6.45) is 3.45. The molecule has 3 heterocycles. The van der Waals surface area contributed by atoms with Crippen molar-refractivity contribution in [3.63, 3.8) is 0 Å². The Labute approximate surface area is 144 Å². The van der Waals surface area contributed by atoms with Crippen molar-refractivity contribution >= 4 is 34.9 Å². The SMILES string of the molecule is O=C1[C@@H]2CCCN2[C@@H](c2ccc(Cl)c(Cl)c2)N1c1ccccn1. The minimum Gasteiger partial charge on any atom is -0.275 e. The Morgan fingerprint density at radius 1 is 1.13 bits per heavy atom. The first kappa shape index (κ1) is 14.9. The first-order valence-corrected chi connectivity index (χ1v) is 8.37. The minimum absolute atomic E-state index is 0.0727. The maximum atomic E-state index is 12.9. The molecule has 2 saturated heterocycles. The summed E-state index contributed by atoms with van der Waals surface area (Å²) in [5.74, 6) is 0.778. The van der Waals surface area contributed by atoms with Crippen LogP contribution < -0.4 is 4.90 Å². The van der Waals surface area contributed by atoms with Crippen LogP contribution in [0.3, 0.4) is 0 Å². The third kappa shape index (κ3) is 2.42. The molecule has 23 heavy (non-hydrogen) atoms. The lowest BCUT2D eigenvalue weighted by Gasteiger charge is -2.29. The van der Waals surface area contributed by atoms with Crippen molar-refractivity contribution in [1.82, 2.24) is 9.88 Å². The number of benzene rings is 1. The van der Waals surface area contributed by atoms with Gasteiger partial charge in [0.05, 0.1) is 16.1 Å². The summed E-state index contributed by atoms with van der Waals surface area (Å²) >= 11 is 12.2. The summed E-state index contributed by atoms with van der Waals surface area (Å²) in [5.41, 5.74) is 0.961. The van der Waals surface area contributed by atoms with Gasteiger partial charge in [-0.25, -0.2) is 4.98 Å². The number of pyridine rings is 1. The zero-order valence-corrected chi connectivity index (χ0v) is 13.8. The highest BCUT2D eigenvalue weighted by Gasteiger charge is 2.49. The van der Waals surface area contributed by atoms with E-state index in [-0.39, 0.29) is 18.1 Å². The summed E-state index contributed by atoms with van der Waals surface area (Å²) in [6.45, 7) is 0.894. The van der Waals surface area contributed by atoms with Gasteiger partial charge in [0.1, 0.15) is 12.0 Å². The van der Waals surface area contributed by atoms with E-state index in [1.807, 2.05) is 30.3 Å². The second-order valence-corrected chi connectivity index (χ2v) is 6.65. The largest absolute Gasteiger partial charge is 0.275 e. The predicted octanol–water partition coefficient (Wildman–Crippen LogP) is 3.90. The molecule has 1 aromatic carbocycles. The Morgan fingerprint density at radius 3 is 2.74 bits per heavy atom. The van der Waals surface area contributed by atoms with Crippen LogP contribution in [0.5, 0.6) is 0 Å². The molecule has 0 radical (unpaired) electrons. The van der Waals surface area contributed by atoms with Crippen LogP contribution >= 0.6 is 23.2 Å². The van der Waals surface area contributed by atoms with Gasteiger partial charge < -0.3 is 0 Å². The quantitative estimate of drug-likeness (QED) is 0.826. The first-order valence-electron chi connectivity index (χ1n) is 7.61. The average Bonchev–Trinajstić information content (AvgIpc) is 3.13. The van der Waals surface area contributed by atoms with Crippen LogP contribution in [0.4, 0.5) is 5.82 Å². The number of halogens is 2. The number of aromatic nitrogens is 1. The van der Waals surface area contributed by atoms with Gasteiger partial charge in [-0.3, -0.25) is 14.6 Å². The van der Waals surface area contributed by atoms with Crippen LogP contribution in [-0.4, -0.2) is 28.4 Å². The zero-order valence-electron chi connectivity index (χ0n) is 12.3. The molecule has 2 aliphatic rings. The van der Waals surface area contributed by atoms with Crippen LogP contribution in [0, 0.1) is 0 Å². The maximum absolute atomic E-state index is 12.9. The predicted molar refractivity (Wildman–Crippen MR) is 90.7 cm³/mol. The van der Waals surface area contributed by atoms with Gasteiger partial charge in [0, 0.05) is 12.7 Å². The molecule has 2 aliphatic heterocycles. The number of amides is 1. The highest BCUT2D eigenvalue weighted by atomic mass is 35.5. The lowest BCUT2D eigenvalue weighted by atomic mass is 10.1. The van der Waals surface area contributed by atoms with E-state index in [0.29, 0.717) is 15.9 Å². The fourth-order valence-corrected chi connectivity index (χ4v) is 3.83. The molecule has 0 saturated carbocycles. The molecule has 2 atom stereocenters. The highest BCUT2D eigenvalue weighted by Crippen LogP contribution is 2.42. The van der Waals surface area contributed by atoms with Crippen molar-refractivity contribution in [2.24, 2.45) is 0 Å². The molecule has 2 fully saturated rings. The van der Waals surface area contributed by atoms with Crippen LogP contribution in [0.2, 0.25) is 10.0 Å². The Morgan fingerprint density at radius 2 is 2.00 bits per heavy atom. The second-order valence-electron chi connectivity index (χ2n) is 5.84. The standard InChI is InChI=1S/C17H15Cl2N3O/c18-12-7-6-11(10-13(12)19)16-21-9-3-4-14(21)17(23)22(16)15-5-1-2-8-20-15/h1-2,5-8,10,14,16H,3-4,9H2/t14-,16+/m0/s1. The van der Waals surface area contributed by atoms with E-state index in [2.05, 4.69) is 9.88 Å². The van der Waals surface area contributed by atoms with E-state index in [9.17, 15) is 4.79 Å². The molecule has 0 N–H and O–H groups in total. The summed E-state index contributed by atoms with van der Waals surface area (Å²) in [7, 11) is 0. The highest BCUT2D eigenvalue weighted by molar-refractivity contribution is 6.42.